The molecule has 1 aromatic heterocycles. The zero-order chi connectivity index (χ0) is 15.6. The number of hydrogen-bond acceptors (Lipinski definition) is 5. The van der Waals surface area contributed by atoms with Crippen molar-refractivity contribution < 1.29 is 16.8 Å². The molecule has 0 radical (unpaired) electrons. The van der Waals surface area contributed by atoms with E-state index in [9.17, 15) is 16.8 Å². The molecule has 0 aromatic carbocycles. The maximum absolute atomic E-state index is 11.9. The molecule has 0 spiro atoms. The van der Waals surface area contributed by atoms with Crippen LogP contribution in [0, 0.1) is 0 Å². The summed E-state index contributed by atoms with van der Waals surface area (Å²) >= 11 is 6.64. The largest absolute Gasteiger partial charge is 0.250 e. The van der Waals surface area contributed by atoms with Crippen LogP contribution in [0.2, 0.25) is 4.34 Å². The molecule has 1 heterocycles. The van der Waals surface area contributed by atoms with Crippen molar-refractivity contribution in [3.63, 3.8) is 0 Å². The van der Waals surface area contributed by atoms with Crippen molar-refractivity contribution in [1.82, 2.24) is 9.03 Å². The highest BCUT2D eigenvalue weighted by Gasteiger charge is 2.21. The van der Waals surface area contributed by atoms with Gasteiger partial charge in [-0.2, -0.15) is 4.31 Å². The predicted octanol–water partition coefficient (Wildman–Crippen LogP) is 1.35. The Hall–Kier alpha value is -0.190. The molecule has 0 aliphatic rings. The zero-order valence-electron chi connectivity index (χ0n) is 11.3. The number of hydrogen-bond donors (Lipinski definition) is 1. The topological polar surface area (TPSA) is 83.6 Å². The Morgan fingerprint density at radius 2 is 1.90 bits per heavy atom. The Labute approximate surface area is 128 Å². The highest BCUT2D eigenvalue weighted by atomic mass is 35.5. The molecule has 0 aliphatic carbocycles. The van der Waals surface area contributed by atoms with Gasteiger partial charge in [0.2, 0.25) is 20.0 Å². The molecule has 0 unspecified atom stereocenters. The number of nitrogens with zero attached hydrogens (tertiary/aromatic N) is 1. The van der Waals surface area contributed by atoms with Crippen LogP contribution in [-0.2, 0) is 20.0 Å². The number of halogens is 1. The molecule has 6 nitrogen and oxygen atoms in total. The van der Waals surface area contributed by atoms with E-state index in [1.54, 1.807) is 13.8 Å². The minimum absolute atomic E-state index is 0.00308. The SMILES string of the molecule is CC(C)N(CCNS(=O)(=O)c1ccc(Cl)s1)S(C)(=O)=O. The van der Waals surface area contributed by atoms with Gasteiger partial charge in [0.15, 0.2) is 0 Å². The molecule has 1 aromatic rings. The van der Waals surface area contributed by atoms with Gasteiger partial charge in [-0.3, -0.25) is 0 Å². The van der Waals surface area contributed by atoms with Gasteiger partial charge < -0.3 is 0 Å². The fraction of sp³-hybridized carbons (Fsp3) is 0.600. The van der Waals surface area contributed by atoms with Crippen LogP contribution in [0.4, 0.5) is 0 Å². The second kappa shape index (κ2) is 6.71. The van der Waals surface area contributed by atoms with Gasteiger partial charge in [0, 0.05) is 19.1 Å². The molecular formula is C10H17ClN2O4S3. The second-order valence-corrected chi connectivity index (χ2v) is 10.1. The summed E-state index contributed by atoms with van der Waals surface area (Å²) in [6.07, 6.45) is 1.10. The Morgan fingerprint density at radius 1 is 1.30 bits per heavy atom. The lowest BCUT2D eigenvalue weighted by Crippen LogP contribution is -2.41. The normalized spacial score (nSPS) is 13.3. The first-order chi connectivity index (χ1) is 9.04. The van der Waals surface area contributed by atoms with Crippen molar-refractivity contribution in [1.29, 1.82) is 0 Å². The molecule has 0 atom stereocenters. The Bertz CT molecular complexity index is 652. The fourth-order valence-electron chi connectivity index (χ4n) is 1.61. The maximum atomic E-state index is 11.9. The van der Waals surface area contributed by atoms with Crippen LogP contribution in [0.3, 0.4) is 0 Å². The number of sulfonamides is 2. The first kappa shape index (κ1) is 17.9. The molecule has 20 heavy (non-hydrogen) atoms. The minimum atomic E-state index is -3.64. The molecule has 116 valence electrons. The summed E-state index contributed by atoms with van der Waals surface area (Å²) in [6, 6.07) is 2.68. The van der Waals surface area contributed by atoms with E-state index in [1.165, 1.54) is 16.4 Å². The third-order valence-electron chi connectivity index (χ3n) is 2.44. The lowest BCUT2D eigenvalue weighted by molar-refractivity contribution is 0.360. The van der Waals surface area contributed by atoms with Crippen molar-refractivity contribution in [3.8, 4) is 0 Å². The van der Waals surface area contributed by atoms with Crippen LogP contribution in [0.15, 0.2) is 16.3 Å². The molecule has 0 aliphatic heterocycles. The first-order valence-corrected chi connectivity index (χ1v) is 10.3. The van der Waals surface area contributed by atoms with Crippen molar-refractivity contribution in [3.05, 3.63) is 16.5 Å². The Morgan fingerprint density at radius 3 is 2.30 bits per heavy atom. The lowest BCUT2D eigenvalue weighted by Gasteiger charge is -2.23. The van der Waals surface area contributed by atoms with Crippen LogP contribution in [0.5, 0.6) is 0 Å². The van der Waals surface area contributed by atoms with Gasteiger partial charge >= 0.3 is 0 Å². The van der Waals surface area contributed by atoms with Gasteiger partial charge in [0.25, 0.3) is 0 Å². The van der Waals surface area contributed by atoms with Gasteiger partial charge in [0.05, 0.1) is 10.6 Å². The quantitative estimate of drug-likeness (QED) is 0.795. The van der Waals surface area contributed by atoms with Gasteiger partial charge in [-0.05, 0) is 26.0 Å². The standard InChI is InChI=1S/C10H17ClN2O4S3/c1-8(2)13(19(3,14)15)7-6-12-20(16,17)10-5-4-9(11)18-10/h4-5,8,12H,6-7H2,1-3H3. The van der Waals surface area contributed by atoms with Gasteiger partial charge in [-0.25, -0.2) is 21.6 Å². The van der Waals surface area contributed by atoms with Crippen LogP contribution in [0.1, 0.15) is 13.8 Å². The maximum Gasteiger partial charge on any atom is 0.250 e. The second-order valence-electron chi connectivity index (χ2n) is 4.42. The van der Waals surface area contributed by atoms with Crippen LogP contribution in [0.25, 0.3) is 0 Å². The molecule has 0 saturated heterocycles. The van der Waals surface area contributed by atoms with Crippen molar-refractivity contribution in [2.75, 3.05) is 19.3 Å². The van der Waals surface area contributed by atoms with E-state index in [0.29, 0.717) is 4.34 Å². The van der Waals surface area contributed by atoms with Gasteiger partial charge in [0.1, 0.15) is 4.21 Å². The van der Waals surface area contributed by atoms with Crippen molar-refractivity contribution in [2.45, 2.75) is 24.1 Å². The summed E-state index contributed by atoms with van der Waals surface area (Å²) in [5.74, 6) is 0. The van der Waals surface area contributed by atoms with E-state index in [2.05, 4.69) is 4.72 Å². The zero-order valence-corrected chi connectivity index (χ0v) is 14.5. The third-order valence-corrected chi connectivity index (χ3v) is 7.08. The fourth-order valence-corrected chi connectivity index (χ4v) is 5.35. The minimum Gasteiger partial charge on any atom is -0.212 e. The average Bonchev–Trinajstić information content (AvgIpc) is 2.69. The van der Waals surface area contributed by atoms with Crippen LogP contribution >= 0.6 is 22.9 Å². The monoisotopic (exact) mass is 360 g/mol. The highest BCUT2D eigenvalue weighted by molar-refractivity contribution is 7.91. The van der Waals surface area contributed by atoms with Crippen LogP contribution in [-0.4, -0.2) is 46.5 Å². The summed E-state index contributed by atoms with van der Waals surface area (Å²) in [4.78, 5) is 0. The van der Waals surface area contributed by atoms with E-state index in [4.69, 9.17) is 11.6 Å². The van der Waals surface area contributed by atoms with Crippen molar-refractivity contribution >= 4 is 43.0 Å². The van der Waals surface area contributed by atoms with Crippen LogP contribution < -0.4 is 4.72 Å². The number of nitrogens with one attached hydrogen (secondary N) is 1. The molecule has 10 heteroatoms. The molecule has 0 fully saturated rings. The van der Waals surface area contributed by atoms with E-state index < -0.39 is 20.0 Å². The Balaban J connectivity index is 2.68. The van der Waals surface area contributed by atoms with E-state index in [1.807, 2.05) is 0 Å². The smallest absolute Gasteiger partial charge is 0.212 e. The molecule has 0 amide bonds. The van der Waals surface area contributed by atoms with Gasteiger partial charge in [-0.15, -0.1) is 11.3 Å². The van der Waals surface area contributed by atoms with Gasteiger partial charge in [-0.1, -0.05) is 11.6 Å². The molecular weight excluding hydrogens is 344 g/mol. The molecule has 0 bridgehead atoms. The summed E-state index contributed by atoms with van der Waals surface area (Å²) < 4.78 is 51.0. The Kier molecular flexibility index (Phi) is 6.00. The number of thiophene rings is 1. The summed E-state index contributed by atoms with van der Waals surface area (Å²) in [6.45, 7) is 3.54. The summed E-state index contributed by atoms with van der Waals surface area (Å²) in [5, 5.41) is 0. The molecule has 1 N–H and O–H groups in total. The number of rotatable bonds is 7. The summed E-state index contributed by atoms with van der Waals surface area (Å²) in [5.41, 5.74) is 0. The lowest BCUT2D eigenvalue weighted by atomic mass is 10.4. The first-order valence-electron chi connectivity index (χ1n) is 5.76. The van der Waals surface area contributed by atoms with Crippen molar-refractivity contribution in [2.24, 2.45) is 0 Å². The van der Waals surface area contributed by atoms with E-state index in [0.717, 1.165) is 17.6 Å². The average molecular weight is 361 g/mol. The molecule has 0 saturated carbocycles. The third kappa shape index (κ3) is 4.97. The predicted molar refractivity (Wildman–Crippen MR) is 81.2 cm³/mol. The highest BCUT2D eigenvalue weighted by Crippen LogP contribution is 2.25. The van der Waals surface area contributed by atoms with E-state index in [-0.39, 0.29) is 23.3 Å². The van der Waals surface area contributed by atoms with E-state index >= 15 is 0 Å². The summed E-state index contributed by atoms with van der Waals surface area (Å²) in [7, 11) is -7.01. The molecule has 1 rings (SSSR count).